The zero-order valence-electron chi connectivity index (χ0n) is 11.6. The van der Waals surface area contributed by atoms with Crippen LogP contribution >= 0.6 is 0 Å². The van der Waals surface area contributed by atoms with Gasteiger partial charge in [0.2, 0.25) is 0 Å². The van der Waals surface area contributed by atoms with Crippen molar-refractivity contribution in [1.82, 2.24) is 9.55 Å². The molecule has 0 saturated heterocycles. The van der Waals surface area contributed by atoms with E-state index >= 15 is 0 Å². The van der Waals surface area contributed by atoms with Crippen LogP contribution in [0.25, 0.3) is 11.0 Å². The highest BCUT2D eigenvalue weighted by Crippen LogP contribution is 2.27. The topological polar surface area (TPSA) is 38.1 Å². The number of aliphatic hydroxyl groups excluding tert-OH is 1. The van der Waals surface area contributed by atoms with Crippen LogP contribution in [0.5, 0.6) is 0 Å². The summed E-state index contributed by atoms with van der Waals surface area (Å²) < 4.78 is 2.15. The highest BCUT2D eigenvalue weighted by atomic mass is 16.3. The van der Waals surface area contributed by atoms with E-state index in [0.29, 0.717) is 5.92 Å². The van der Waals surface area contributed by atoms with Crippen molar-refractivity contribution in [3.63, 3.8) is 0 Å². The molecule has 0 amide bonds. The largest absolute Gasteiger partial charge is 0.396 e. The van der Waals surface area contributed by atoms with E-state index in [0.717, 1.165) is 23.3 Å². The summed E-state index contributed by atoms with van der Waals surface area (Å²) >= 11 is 0. The number of nitrogens with zero attached hydrogens (tertiary/aromatic N) is 2. The Kier molecular flexibility index (Phi) is 3.71. The highest BCUT2D eigenvalue weighted by Gasteiger charge is 2.16. The van der Waals surface area contributed by atoms with Gasteiger partial charge in [-0.3, -0.25) is 0 Å². The van der Waals surface area contributed by atoms with Crippen LogP contribution in [0, 0.1) is 5.92 Å². The second-order valence-electron chi connectivity index (χ2n) is 5.22. The average molecular weight is 246 g/mol. The minimum Gasteiger partial charge on any atom is -0.396 e. The van der Waals surface area contributed by atoms with Crippen LogP contribution in [-0.2, 0) is 13.5 Å². The Morgan fingerprint density at radius 2 is 2.06 bits per heavy atom. The van der Waals surface area contributed by atoms with Crippen molar-refractivity contribution in [3.8, 4) is 0 Å². The molecule has 1 unspecified atom stereocenters. The summed E-state index contributed by atoms with van der Waals surface area (Å²) in [5, 5.41) is 9.52. The van der Waals surface area contributed by atoms with Gasteiger partial charge in [-0.25, -0.2) is 4.98 Å². The summed E-state index contributed by atoms with van der Waals surface area (Å²) in [5.74, 6) is 1.74. The molecular formula is C15H22N2O. The van der Waals surface area contributed by atoms with Gasteiger partial charge >= 0.3 is 0 Å². The standard InChI is InChI=1S/C15H22N2O/c1-5-15-16-13-7-6-11(8-14(13)17(15)4)12(9-18)10(2)3/h6-8,10,12,18H,5,9H2,1-4H3. The Balaban J connectivity index is 2.52. The molecular weight excluding hydrogens is 224 g/mol. The predicted molar refractivity (Wildman–Crippen MR) is 74.8 cm³/mol. The van der Waals surface area contributed by atoms with Gasteiger partial charge in [0.15, 0.2) is 0 Å². The molecule has 1 atom stereocenters. The van der Waals surface area contributed by atoms with Crippen LogP contribution in [0.1, 0.15) is 38.1 Å². The smallest absolute Gasteiger partial charge is 0.109 e. The third-order valence-electron chi connectivity index (χ3n) is 3.74. The molecule has 0 aliphatic rings. The molecule has 1 aromatic carbocycles. The van der Waals surface area contributed by atoms with Gasteiger partial charge in [-0.2, -0.15) is 0 Å². The second-order valence-corrected chi connectivity index (χ2v) is 5.22. The number of hydrogen-bond donors (Lipinski definition) is 1. The van der Waals surface area contributed by atoms with Crippen molar-refractivity contribution in [3.05, 3.63) is 29.6 Å². The molecule has 2 rings (SSSR count). The van der Waals surface area contributed by atoms with E-state index in [1.807, 2.05) is 0 Å². The fourth-order valence-corrected chi connectivity index (χ4v) is 2.50. The van der Waals surface area contributed by atoms with Gasteiger partial charge in [0.25, 0.3) is 0 Å². The van der Waals surface area contributed by atoms with Gasteiger partial charge < -0.3 is 9.67 Å². The summed E-state index contributed by atoms with van der Waals surface area (Å²) in [5.41, 5.74) is 3.40. The Labute approximate surface area is 108 Å². The van der Waals surface area contributed by atoms with E-state index < -0.39 is 0 Å². The fraction of sp³-hybridized carbons (Fsp3) is 0.533. The van der Waals surface area contributed by atoms with E-state index in [-0.39, 0.29) is 12.5 Å². The number of hydrogen-bond acceptors (Lipinski definition) is 2. The van der Waals surface area contributed by atoms with E-state index in [2.05, 4.69) is 55.6 Å². The van der Waals surface area contributed by atoms with Gasteiger partial charge in [0.1, 0.15) is 5.82 Å². The van der Waals surface area contributed by atoms with Crippen molar-refractivity contribution in [2.75, 3.05) is 6.61 Å². The molecule has 0 saturated carbocycles. The predicted octanol–water partition coefficient (Wildman–Crippen LogP) is 2.87. The molecule has 0 fully saturated rings. The minimum absolute atomic E-state index is 0.196. The Bertz CT molecular complexity index is 543. The fourth-order valence-electron chi connectivity index (χ4n) is 2.50. The van der Waals surface area contributed by atoms with E-state index in [1.54, 1.807) is 0 Å². The van der Waals surface area contributed by atoms with Crippen molar-refractivity contribution < 1.29 is 5.11 Å². The first-order chi connectivity index (χ1) is 8.58. The molecule has 3 heteroatoms. The van der Waals surface area contributed by atoms with Gasteiger partial charge in [0.05, 0.1) is 17.6 Å². The van der Waals surface area contributed by atoms with Crippen molar-refractivity contribution in [2.45, 2.75) is 33.1 Å². The Morgan fingerprint density at radius 1 is 1.33 bits per heavy atom. The average Bonchev–Trinajstić information content (AvgIpc) is 2.67. The number of rotatable bonds is 4. The number of aryl methyl sites for hydroxylation is 2. The number of aromatic nitrogens is 2. The van der Waals surface area contributed by atoms with E-state index in [9.17, 15) is 5.11 Å². The van der Waals surface area contributed by atoms with Crippen LogP contribution < -0.4 is 0 Å². The van der Waals surface area contributed by atoms with Crippen LogP contribution in [0.2, 0.25) is 0 Å². The third kappa shape index (κ3) is 2.15. The molecule has 0 aliphatic heterocycles. The number of aliphatic hydroxyl groups is 1. The molecule has 0 bridgehead atoms. The molecule has 3 nitrogen and oxygen atoms in total. The lowest BCUT2D eigenvalue weighted by Gasteiger charge is -2.18. The van der Waals surface area contributed by atoms with Gasteiger partial charge in [-0.05, 0) is 23.6 Å². The lowest BCUT2D eigenvalue weighted by atomic mass is 9.89. The third-order valence-corrected chi connectivity index (χ3v) is 3.74. The zero-order valence-corrected chi connectivity index (χ0v) is 11.6. The normalized spacial score (nSPS) is 13.4. The van der Waals surface area contributed by atoms with Crippen LogP contribution in [0.4, 0.5) is 0 Å². The maximum Gasteiger partial charge on any atom is 0.109 e. The quantitative estimate of drug-likeness (QED) is 0.900. The first-order valence-electron chi connectivity index (χ1n) is 6.64. The molecule has 1 N–H and O–H groups in total. The first-order valence-corrected chi connectivity index (χ1v) is 6.64. The minimum atomic E-state index is 0.196. The van der Waals surface area contributed by atoms with E-state index in [4.69, 9.17) is 0 Å². The van der Waals surface area contributed by atoms with Crippen molar-refractivity contribution in [2.24, 2.45) is 13.0 Å². The van der Waals surface area contributed by atoms with Gasteiger partial charge in [-0.15, -0.1) is 0 Å². The lowest BCUT2D eigenvalue weighted by Crippen LogP contribution is -2.11. The molecule has 0 radical (unpaired) electrons. The number of imidazole rings is 1. The highest BCUT2D eigenvalue weighted by molar-refractivity contribution is 5.77. The molecule has 98 valence electrons. The monoisotopic (exact) mass is 246 g/mol. The molecule has 18 heavy (non-hydrogen) atoms. The van der Waals surface area contributed by atoms with Crippen LogP contribution in [0.15, 0.2) is 18.2 Å². The molecule has 0 spiro atoms. The molecule has 1 heterocycles. The van der Waals surface area contributed by atoms with Crippen molar-refractivity contribution in [1.29, 1.82) is 0 Å². The molecule has 2 aromatic rings. The number of fused-ring (bicyclic) bond motifs is 1. The van der Waals surface area contributed by atoms with Crippen LogP contribution in [-0.4, -0.2) is 21.3 Å². The Morgan fingerprint density at radius 3 is 2.61 bits per heavy atom. The Hall–Kier alpha value is -1.35. The molecule has 1 aromatic heterocycles. The van der Waals surface area contributed by atoms with Crippen LogP contribution in [0.3, 0.4) is 0 Å². The maximum absolute atomic E-state index is 9.52. The summed E-state index contributed by atoms with van der Waals surface area (Å²) in [6, 6.07) is 6.33. The van der Waals surface area contributed by atoms with Gasteiger partial charge in [0, 0.05) is 19.4 Å². The van der Waals surface area contributed by atoms with E-state index in [1.165, 1.54) is 5.56 Å². The zero-order chi connectivity index (χ0) is 13.3. The summed E-state index contributed by atoms with van der Waals surface area (Å²) in [6.07, 6.45) is 0.939. The lowest BCUT2D eigenvalue weighted by molar-refractivity contribution is 0.237. The summed E-state index contributed by atoms with van der Waals surface area (Å²) in [7, 11) is 2.06. The second kappa shape index (κ2) is 5.11. The molecule has 0 aliphatic carbocycles. The SMILES string of the molecule is CCc1nc2ccc(C(CO)C(C)C)cc2n1C. The van der Waals surface area contributed by atoms with Crippen molar-refractivity contribution >= 4 is 11.0 Å². The summed E-state index contributed by atoms with van der Waals surface area (Å²) in [6.45, 7) is 6.60. The summed E-state index contributed by atoms with van der Waals surface area (Å²) in [4.78, 5) is 4.60. The number of benzene rings is 1. The van der Waals surface area contributed by atoms with Gasteiger partial charge in [-0.1, -0.05) is 26.8 Å². The first kappa shape index (κ1) is 13.1. The maximum atomic E-state index is 9.52.